The van der Waals surface area contributed by atoms with Crippen molar-refractivity contribution in [3.63, 3.8) is 0 Å². The molecule has 0 bridgehead atoms. The van der Waals surface area contributed by atoms with Gasteiger partial charge in [0, 0.05) is 29.8 Å². The number of hydrogen-bond acceptors (Lipinski definition) is 10. The SMILES string of the molecule is COC(=O)[C@@H](C)Cc1cccc([C@@](C)(CCCC(C)(C)CS(=O)(=O)CCO[Si](c2ccccc2)(c2ccccc2)C(C)(C)C)c2nc(-c3cc(Oc4c(F)cc5c(ccn5S(=O)(=O)c5ccccc5)c4Br)ccc3F)co2)c1. The van der Waals surface area contributed by atoms with E-state index in [1.165, 1.54) is 56.0 Å². The van der Waals surface area contributed by atoms with Gasteiger partial charge in [-0.05, 0) is 110 Å². The number of esters is 1. The fourth-order valence-corrected chi connectivity index (χ4v) is 19.0. The molecule has 410 valence electrons. The minimum absolute atomic E-state index is 0.00786. The zero-order valence-electron chi connectivity index (χ0n) is 45.1. The Hall–Kier alpha value is -6.24. The molecule has 6 aromatic carbocycles. The number of benzene rings is 6. The predicted octanol–water partition coefficient (Wildman–Crippen LogP) is 13.2. The number of rotatable bonds is 22. The van der Waals surface area contributed by atoms with E-state index in [4.69, 9.17) is 23.3 Å². The first kappa shape index (κ1) is 57.9. The van der Waals surface area contributed by atoms with Crippen LogP contribution in [0.4, 0.5) is 8.78 Å². The maximum atomic E-state index is 16.0. The number of oxazole rings is 1. The Morgan fingerprint density at radius 1 is 0.782 bits per heavy atom. The first-order valence-corrected chi connectivity index (χ1v) is 31.7. The van der Waals surface area contributed by atoms with Crippen molar-refractivity contribution in [3.05, 3.63) is 191 Å². The average molecular weight is 1180 g/mol. The Balaban J connectivity index is 1.03. The van der Waals surface area contributed by atoms with Crippen molar-refractivity contribution in [1.29, 1.82) is 0 Å². The Morgan fingerprint density at radius 2 is 1.42 bits per heavy atom. The van der Waals surface area contributed by atoms with Gasteiger partial charge >= 0.3 is 5.97 Å². The Labute approximate surface area is 466 Å². The largest absolute Gasteiger partial charge is 0.469 e. The van der Waals surface area contributed by atoms with Gasteiger partial charge in [-0.3, -0.25) is 4.79 Å². The molecule has 0 aliphatic heterocycles. The zero-order valence-corrected chi connectivity index (χ0v) is 49.3. The van der Waals surface area contributed by atoms with E-state index in [2.05, 4.69) is 61.0 Å². The molecule has 0 fully saturated rings. The summed E-state index contributed by atoms with van der Waals surface area (Å²) in [7, 11) is -9.29. The van der Waals surface area contributed by atoms with E-state index in [-0.39, 0.29) is 72.7 Å². The van der Waals surface area contributed by atoms with Gasteiger partial charge in [-0.1, -0.05) is 151 Å². The third kappa shape index (κ3) is 12.3. The zero-order chi connectivity index (χ0) is 56.3. The van der Waals surface area contributed by atoms with Crippen LogP contribution in [0, 0.1) is 23.0 Å². The van der Waals surface area contributed by atoms with Crippen LogP contribution in [0.2, 0.25) is 5.04 Å². The summed E-state index contributed by atoms with van der Waals surface area (Å²) in [4.78, 5) is 17.4. The van der Waals surface area contributed by atoms with Gasteiger partial charge in [0.25, 0.3) is 18.3 Å². The summed E-state index contributed by atoms with van der Waals surface area (Å²) in [6, 6.07) is 42.3. The van der Waals surface area contributed by atoms with E-state index in [0.717, 1.165) is 31.5 Å². The van der Waals surface area contributed by atoms with Crippen LogP contribution in [0.1, 0.15) is 84.7 Å². The topological polar surface area (TPSA) is 144 Å². The van der Waals surface area contributed by atoms with Crippen LogP contribution in [0.3, 0.4) is 0 Å². The fraction of sp³-hybridized carbons (Fsp3) is 0.311. The minimum atomic E-state index is -4.06. The van der Waals surface area contributed by atoms with Crippen LogP contribution in [0.5, 0.6) is 11.5 Å². The number of carbonyl (C=O) groups excluding carboxylic acids is 1. The second-order valence-corrected chi connectivity index (χ2v) is 31.0. The highest BCUT2D eigenvalue weighted by Crippen LogP contribution is 2.43. The van der Waals surface area contributed by atoms with Crippen LogP contribution in [0.15, 0.2) is 172 Å². The summed E-state index contributed by atoms with van der Waals surface area (Å²) >= 11 is 3.43. The molecule has 2 heterocycles. The summed E-state index contributed by atoms with van der Waals surface area (Å²) in [5, 5.41) is 2.19. The van der Waals surface area contributed by atoms with Gasteiger partial charge in [0.05, 0.1) is 44.8 Å². The Kier molecular flexibility index (Phi) is 17.2. The second-order valence-electron chi connectivity index (χ2n) is 21.9. The lowest BCUT2D eigenvalue weighted by atomic mass is 9.75. The molecule has 2 atom stereocenters. The van der Waals surface area contributed by atoms with Crippen molar-refractivity contribution in [2.45, 2.75) is 89.5 Å². The molecule has 0 spiro atoms. The van der Waals surface area contributed by atoms with E-state index in [1.54, 1.807) is 25.1 Å². The summed E-state index contributed by atoms with van der Waals surface area (Å²) in [5.41, 5.74) is 0.321. The van der Waals surface area contributed by atoms with E-state index < -0.39 is 56.6 Å². The standard InChI is InChI=1S/C61H65BrF2N2O9S2Si/c1-42(57(67)72-8)36-43-20-18-21-44(37-43)61(7,32-19-31-60(5,6)41-76(68,69)35-34-74-78(59(2,3)4,47-24-14-10-15-25-47)48-26-16-11-17-27-48)58-65-53(40-73-58)50-38-45(28-29-51(50)63)75-56-52(64)39-54-49(55(56)62)30-33-66(54)77(70,71)46-22-12-9-13-23-46/h9-18,20-30,33,37-40,42H,19,31-32,34-36,41H2,1-8H3/t42-,61+/m0/s1. The molecule has 17 heteroatoms. The van der Waals surface area contributed by atoms with Crippen LogP contribution in [0.25, 0.3) is 22.2 Å². The molecule has 8 aromatic rings. The van der Waals surface area contributed by atoms with Gasteiger partial charge in [0.2, 0.25) is 5.89 Å². The third-order valence-corrected chi connectivity index (χ3v) is 24.0. The molecule has 0 aliphatic rings. The lowest BCUT2D eigenvalue weighted by Gasteiger charge is -2.43. The molecule has 0 aliphatic carbocycles. The summed E-state index contributed by atoms with van der Waals surface area (Å²) in [6.07, 6.45) is 4.60. The number of carbonyl (C=O) groups is 1. The monoisotopic (exact) mass is 1180 g/mol. The number of ether oxygens (including phenoxy) is 2. The van der Waals surface area contributed by atoms with Crippen molar-refractivity contribution in [1.82, 2.24) is 8.96 Å². The van der Waals surface area contributed by atoms with Crippen LogP contribution in [-0.2, 0) is 45.7 Å². The van der Waals surface area contributed by atoms with Crippen LogP contribution in [-0.4, -0.2) is 65.3 Å². The van der Waals surface area contributed by atoms with Gasteiger partial charge in [-0.15, -0.1) is 0 Å². The normalized spacial score (nSPS) is 13.8. The van der Waals surface area contributed by atoms with Crippen LogP contribution >= 0.6 is 15.9 Å². The molecule has 78 heavy (non-hydrogen) atoms. The molecule has 0 N–H and O–H groups in total. The maximum Gasteiger partial charge on any atom is 0.308 e. The number of aromatic nitrogens is 2. The van der Waals surface area contributed by atoms with Crippen LogP contribution < -0.4 is 15.1 Å². The molecular weight excluding hydrogens is 1110 g/mol. The van der Waals surface area contributed by atoms with Crippen molar-refractivity contribution in [3.8, 4) is 22.8 Å². The smallest absolute Gasteiger partial charge is 0.308 e. The maximum absolute atomic E-state index is 16.0. The molecule has 11 nitrogen and oxygen atoms in total. The number of halogens is 3. The highest BCUT2D eigenvalue weighted by molar-refractivity contribution is 9.10. The number of nitrogens with zero attached hydrogens (tertiary/aromatic N) is 2. The minimum Gasteiger partial charge on any atom is -0.469 e. The highest BCUT2D eigenvalue weighted by atomic mass is 79.9. The van der Waals surface area contributed by atoms with Crippen molar-refractivity contribution < 1.29 is 48.7 Å². The van der Waals surface area contributed by atoms with Gasteiger partial charge in [-0.2, -0.15) is 0 Å². The predicted molar refractivity (Wildman–Crippen MR) is 308 cm³/mol. The Bertz CT molecular complexity index is 3610. The van der Waals surface area contributed by atoms with E-state index in [0.29, 0.717) is 31.1 Å². The quantitative estimate of drug-likeness (QED) is 0.0475. The number of sulfone groups is 1. The third-order valence-electron chi connectivity index (χ3n) is 14.5. The Morgan fingerprint density at radius 3 is 2.05 bits per heavy atom. The van der Waals surface area contributed by atoms with Crippen molar-refractivity contribution >= 4 is 71.4 Å². The molecule has 0 radical (unpaired) electrons. The molecule has 0 saturated carbocycles. The molecule has 0 amide bonds. The number of fused-ring (bicyclic) bond motifs is 1. The second kappa shape index (κ2) is 23.2. The molecule has 2 aromatic heterocycles. The summed E-state index contributed by atoms with van der Waals surface area (Å²) in [5.74, 6) is -2.42. The molecule has 8 rings (SSSR count). The van der Waals surface area contributed by atoms with Crippen molar-refractivity contribution in [2.24, 2.45) is 11.3 Å². The summed E-state index contributed by atoms with van der Waals surface area (Å²) < 4.78 is 113. The number of hydrogen-bond donors (Lipinski definition) is 0. The molecular formula is C61H65BrF2N2O9S2Si. The van der Waals surface area contributed by atoms with E-state index in [1.807, 2.05) is 81.4 Å². The van der Waals surface area contributed by atoms with Crippen molar-refractivity contribution in [2.75, 3.05) is 25.2 Å². The molecule has 0 unspecified atom stereocenters. The first-order valence-electron chi connectivity index (χ1n) is 25.8. The molecule has 0 saturated heterocycles. The van der Waals surface area contributed by atoms with Gasteiger partial charge < -0.3 is 18.3 Å². The number of methoxy groups -OCH3 is 1. The van der Waals surface area contributed by atoms with Gasteiger partial charge in [0.15, 0.2) is 21.4 Å². The van der Waals surface area contributed by atoms with E-state index in [9.17, 15) is 21.6 Å². The summed E-state index contributed by atoms with van der Waals surface area (Å²) in [6.45, 7) is 14.2. The average Bonchev–Trinajstić information content (AvgIpc) is 4.17. The van der Waals surface area contributed by atoms with Gasteiger partial charge in [-0.25, -0.2) is 34.6 Å². The highest BCUT2D eigenvalue weighted by Gasteiger charge is 2.50. The lowest BCUT2D eigenvalue weighted by Crippen LogP contribution is -2.66. The van der Waals surface area contributed by atoms with Gasteiger partial charge in [0.1, 0.15) is 23.5 Å². The van der Waals surface area contributed by atoms with E-state index >= 15 is 8.78 Å². The lowest BCUT2D eigenvalue weighted by molar-refractivity contribution is -0.144. The first-order chi connectivity index (χ1) is 36.9. The fourth-order valence-electron chi connectivity index (χ4n) is 10.5.